The summed E-state index contributed by atoms with van der Waals surface area (Å²) in [5, 5.41) is 3.36. The van der Waals surface area contributed by atoms with Crippen molar-refractivity contribution in [2.45, 2.75) is 58.9 Å². The van der Waals surface area contributed by atoms with Gasteiger partial charge in [0, 0.05) is 6.04 Å². The molecule has 0 aromatic heterocycles. The van der Waals surface area contributed by atoms with Crippen LogP contribution in [0.2, 0.25) is 0 Å². The minimum absolute atomic E-state index is 0.742. The van der Waals surface area contributed by atoms with Gasteiger partial charge in [0.2, 0.25) is 0 Å². The van der Waals surface area contributed by atoms with Gasteiger partial charge in [-0.1, -0.05) is 26.7 Å². The van der Waals surface area contributed by atoms with Gasteiger partial charge >= 0.3 is 0 Å². The average molecular weight is 214 g/mol. The molecule has 0 radical (unpaired) electrons. The molecule has 1 N–H and O–H groups in total. The normalized spacial score (nSPS) is 13.4. The Balaban J connectivity index is 3.16. The van der Waals surface area contributed by atoms with Gasteiger partial charge in [0.15, 0.2) is 0 Å². The number of hydrogen-bond acceptors (Lipinski definition) is 2. The average Bonchev–Trinajstić information content (AvgIpc) is 2.26. The monoisotopic (exact) mass is 214 g/mol. The van der Waals surface area contributed by atoms with Crippen LogP contribution in [0.15, 0.2) is 0 Å². The third-order valence-electron chi connectivity index (χ3n) is 3.21. The Morgan fingerprint density at radius 1 is 1.07 bits per heavy atom. The van der Waals surface area contributed by atoms with E-state index in [1.54, 1.807) is 0 Å². The number of rotatable bonds is 10. The third-order valence-corrected chi connectivity index (χ3v) is 3.21. The molecule has 0 saturated heterocycles. The Morgan fingerprint density at radius 3 is 2.33 bits per heavy atom. The number of hydrogen-bond donors (Lipinski definition) is 1. The van der Waals surface area contributed by atoms with E-state index in [0.717, 1.165) is 12.6 Å². The molecule has 0 aromatic carbocycles. The summed E-state index contributed by atoms with van der Waals surface area (Å²) in [4.78, 5) is 2.48. The Kier molecular flexibility index (Phi) is 10.4. The summed E-state index contributed by atoms with van der Waals surface area (Å²) in [6, 6.07) is 0.742. The molecule has 92 valence electrons. The van der Waals surface area contributed by atoms with Gasteiger partial charge < -0.3 is 10.2 Å². The van der Waals surface area contributed by atoms with Crippen molar-refractivity contribution in [2.24, 2.45) is 0 Å². The Bertz CT molecular complexity index is 126. The quantitative estimate of drug-likeness (QED) is 0.563. The van der Waals surface area contributed by atoms with Crippen molar-refractivity contribution < 1.29 is 0 Å². The number of nitrogens with zero attached hydrogens (tertiary/aromatic N) is 1. The largest absolute Gasteiger partial charge is 0.317 e. The molecule has 1 atom stereocenters. The van der Waals surface area contributed by atoms with Crippen LogP contribution in [0.5, 0.6) is 0 Å². The minimum atomic E-state index is 0.742. The van der Waals surface area contributed by atoms with E-state index < -0.39 is 0 Å². The molecule has 2 heteroatoms. The van der Waals surface area contributed by atoms with Crippen molar-refractivity contribution in [3.63, 3.8) is 0 Å². The fraction of sp³-hybridized carbons (Fsp3) is 1.00. The predicted molar refractivity (Wildman–Crippen MR) is 69.4 cm³/mol. The highest BCUT2D eigenvalue weighted by molar-refractivity contribution is 4.60. The molecule has 2 nitrogen and oxygen atoms in total. The van der Waals surface area contributed by atoms with Crippen molar-refractivity contribution in [2.75, 3.05) is 26.7 Å². The highest BCUT2D eigenvalue weighted by atomic mass is 15.1. The van der Waals surface area contributed by atoms with Crippen LogP contribution in [-0.2, 0) is 0 Å². The van der Waals surface area contributed by atoms with Crippen molar-refractivity contribution in [3.8, 4) is 0 Å². The van der Waals surface area contributed by atoms with Gasteiger partial charge in [-0.05, 0) is 52.9 Å². The smallest absolute Gasteiger partial charge is 0.00612 e. The van der Waals surface area contributed by atoms with Crippen LogP contribution >= 0.6 is 0 Å². The molecule has 0 bridgehead atoms. The lowest BCUT2D eigenvalue weighted by molar-refractivity contribution is 0.246. The van der Waals surface area contributed by atoms with Gasteiger partial charge in [0.05, 0.1) is 0 Å². The second-order valence-corrected chi connectivity index (χ2v) is 4.51. The molecule has 0 aliphatic rings. The van der Waals surface area contributed by atoms with E-state index in [-0.39, 0.29) is 0 Å². The zero-order valence-electron chi connectivity index (χ0n) is 11.2. The zero-order valence-corrected chi connectivity index (χ0v) is 11.2. The second-order valence-electron chi connectivity index (χ2n) is 4.51. The summed E-state index contributed by atoms with van der Waals surface area (Å²) in [6.45, 7) is 10.3. The summed E-state index contributed by atoms with van der Waals surface area (Å²) < 4.78 is 0. The number of unbranched alkanes of at least 4 members (excludes halogenated alkanes) is 3. The fourth-order valence-corrected chi connectivity index (χ4v) is 1.67. The second kappa shape index (κ2) is 10.4. The minimum Gasteiger partial charge on any atom is -0.317 e. The van der Waals surface area contributed by atoms with Crippen LogP contribution in [-0.4, -0.2) is 37.6 Å². The lowest BCUT2D eigenvalue weighted by Crippen LogP contribution is -2.29. The maximum absolute atomic E-state index is 3.36. The van der Waals surface area contributed by atoms with Gasteiger partial charge in [-0.25, -0.2) is 0 Å². The topological polar surface area (TPSA) is 15.3 Å². The molecule has 0 heterocycles. The molecule has 15 heavy (non-hydrogen) atoms. The summed E-state index contributed by atoms with van der Waals surface area (Å²) in [7, 11) is 2.24. The Morgan fingerprint density at radius 2 is 1.73 bits per heavy atom. The van der Waals surface area contributed by atoms with Crippen LogP contribution in [0.4, 0.5) is 0 Å². The Labute approximate surface area is 96.4 Å². The molecule has 0 fully saturated rings. The molecule has 0 amide bonds. The van der Waals surface area contributed by atoms with Crippen LogP contribution in [0.1, 0.15) is 52.9 Å². The molecule has 0 rings (SSSR count). The molecular weight excluding hydrogens is 184 g/mol. The van der Waals surface area contributed by atoms with E-state index in [1.807, 2.05) is 0 Å². The van der Waals surface area contributed by atoms with Gasteiger partial charge in [-0.2, -0.15) is 0 Å². The van der Waals surface area contributed by atoms with Crippen LogP contribution in [0.3, 0.4) is 0 Å². The molecule has 0 spiro atoms. The van der Waals surface area contributed by atoms with Crippen molar-refractivity contribution in [1.82, 2.24) is 10.2 Å². The fourth-order valence-electron chi connectivity index (χ4n) is 1.67. The standard InChI is InChI=1S/C13H30N2/c1-5-13(3)15(4)12-10-8-7-9-11-14-6-2/h13-14H,5-12H2,1-4H3. The van der Waals surface area contributed by atoms with E-state index in [0.29, 0.717) is 0 Å². The predicted octanol–water partition coefficient (Wildman–Crippen LogP) is 2.89. The molecule has 0 aliphatic carbocycles. The summed E-state index contributed by atoms with van der Waals surface area (Å²) in [6.07, 6.45) is 6.71. The highest BCUT2D eigenvalue weighted by Gasteiger charge is 2.04. The first-order valence-corrected chi connectivity index (χ1v) is 6.63. The van der Waals surface area contributed by atoms with Gasteiger partial charge in [0.1, 0.15) is 0 Å². The van der Waals surface area contributed by atoms with E-state index in [9.17, 15) is 0 Å². The van der Waals surface area contributed by atoms with Crippen LogP contribution in [0.25, 0.3) is 0 Å². The molecule has 0 aromatic rings. The van der Waals surface area contributed by atoms with Crippen LogP contribution in [0, 0.1) is 0 Å². The van der Waals surface area contributed by atoms with Crippen molar-refractivity contribution in [1.29, 1.82) is 0 Å². The van der Waals surface area contributed by atoms with Crippen molar-refractivity contribution >= 4 is 0 Å². The summed E-state index contributed by atoms with van der Waals surface area (Å²) in [5.41, 5.74) is 0. The van der Waals surface area contributed by atoms with E-state index in [2.05, 4.69) is 38.0 Å². The van der Waals surface area contributed by atoms with E-state index in [1.165, 1.54) is 45.2 Å². The zero-order chi connectivity index (χ0) is 11.5. The highest BCUT2D eigenvalue weighted by Crippen LogP contribution is 2.04. The van der Waals surface area contributed by atoms with E-state index in [4.69, 9.17) is 0 Å². The first-order chi connectivity index (χ1) is 7.22. The SMILES string of the molecule is CCNCCCCCCN(C)C(C)CC. The van der Waals surface area contributed by atoms with Crippen LogP contribution < -0.4 is 5.32 Å². The lowest BCUT2D eigenvalue weighted by Gasteiger charge is -2.23. The van der Waals surface area contributed by atoms with Crippen molar-refractivity contribution in [3.05, 3.63) is 0 Å². The van der Waals surface area contributed by atoms with Gasteiger partial charge in [-0.3, -0.25) is 0 Å². The van der Waals surface area contributed by atoms with Gasteiger partial charge in [0.25, 0.3) is 0 Å². The first-order valence-electron chi connectivity index (χ1n) is 6.63. The van der Waals surface area contributed by atoms with Gasteiger partial charge in [-0.15, -0.1) is 0 Å². The third kappa shape index (κ3) is 8.88. The molecule has 1 unspecified atom stereocenters. The summed E-state index contributed by atoms with van der Waals surface area (Å²) >= 11 is 0. The molecular formula is C13H30N2. The van der Waals surface area contributed by atoms with E-state index >= 15 is 0 Å². The maximum atomic E-state index is 3.36. The summed E-state index contributed by atoms with van der Waals surface area (Å²) in [5.74, 6) is 0. The molecule has 0 saturated carbocycles. The maximum Gasteiger partial charge on any atom is 0.00612 e. The Hall–Kier alpha value is -0.0800. The number of nitrogens with one attached hydrogen (secondary N) is 1. The molecule has 0 aliphatic heterocycles. The first kappa shape index (κ1) is 14.9. The lowest BCUT2D eigenvalue weighted by atomic mass is 10.1.